The van der Waals surface area contributed by atoms with Gasteiger partial charge in [-0.3, -0.25) is 4.72 Å². The average Bonchev–Trinajstić information content (AvgIpc) is 1.93. The molecule has 0 atom stereocenters. The Bertz CT molecular complexity index is 425. The molecule has 0 fully saturated rings. The second-order valence-corrected chi connectivity index (χ2v) is 4.21. The van der Waals surface area contributed by atoms with E-state index >= 15 is 0 Å². The largest absolute Gasteiger partial charge is 1.00 e. The number of anilines is 1. The van der Waals surface area contributed by atoms with Crippen molar-refractivity contribution in [3.05, 3.63) is 28.5 Å². The number of rotatable bonds is 2. The molecule has 0 saturated carbocycles. The molecular formula is C6H4BrFNNaO3S. The topological polar surface area (TPSA) is 69.2 Å². The van der Waals surface area contributed by atoms with Gasteiger partial charge in [0.2, 0.25) is 0 Å². The van der Waals surface area contributed by atoms with E-state index < -0.39 is 16.1 Å². The van der Waals surface area contributed by atoms with Crippen molar-refractivity contribution in [2.24, 2.45) is 0 Å². The zero-order chi connectivity index (χ0) is 10.1. The summed E-state index contributed by atoms with van der Waals surface area (Å²) in [5, 5.41) is 0. The Kier molecular flexibility index (Phi) is 5.56. The first-order chi connectivity index (χ1) is 5.88. The van der Waals surface area contributed by atoms with Crippen molar-refractivity contribution in [2.75, 3.05) is 4.72 Å². The van der Waals surface area contributed by atoms with Gasteiger partial charge in [0, 0.05) is 4.47 Å². The van der Waals surface area contributed by atoms with Crippen LogP contribution in [0.25, 0.3) is 0 Å². The van der Waals surface area contributed by atoms with E-state index in [2.05, 4.69) is 15.9 Å². The van der Waals surface area contributed by atoms with Crippen LogP contribution in [-0.2, 0) is 10.3 Å². The second-order valence-electron chi connectivity index (χ2n) is 2.18. The molecule has 0 amide bonds. The third kappa shape index (κ3) is 4.72. The van der Waals surface area contributed by atoms with E-state index in [9.17, 15) is 17.4 Å². The van der Waals surface area contributed by atoms with Gasteiger partial charge in [0.1, 0.15) is 5.82 Å². The molecule has 14 heavy (non-hydrogen) atoms. The van der Waals surface area contributed by atoms with Gasteiger partial charge in [-0.05, 0) is 18.2 Å². The van der Waals surface area contributed by atoms with Crippen molar-refractivity contribution in [1.82, 2.24) is 0 Å². The number of benzene rings is 1. The average molecular weight is 292 g/mol. The molecule has 1 rings (SSSR count). The summed E-state index contributed by atoms with van der Waals surface area (Å²) in [7, 11) is -4.67. The normalized spacial score (nSPS) is 10.5. The monoisotopic (exact) mass is 291 g/mol. The molecule has 1 N–H and O–H groups in total. The van der Waals surface area contributed by atoms with Crippen LogP contribution in [0.2, 0.25) is 0 Å². The third-order valence-electron chi connectivity index (χ3n) is 1.17. The van der Waals surface area contributed by atoms with Crippen LogP contribution in [0.15, 0.2) is 22.7 Å². The van der Waals surface area contributed by atoms with Gasteiger partial charge < -0.3 is 4.55 Å². The van der Waals surface area contributed by atoms with Gasteiger partial charge in [-0.25, -0.2) is 12.8 Å². The van der Waals surface area contributed by atoms with E-state index in [1.807, 2.05) is 0 Å². The van der Waals surface area contributed by atoms with Crippen LogP contribution < -0.4 is 34.3 Å². The zero-order valence-corrected chi connectivity index (χ0v) is 11.5. The predicted molar refractivity (Wildman–Crippen MR) is 47.4 cm³/mol. The van der Waals surface area contributed by atoms with E-state index in [1.54, 1.807) is 0 Å². The Balaban J connectivity index is 0.00000169. The van der Waals surface area contributed by atoms with Gasteiger partial charge in [0.25, 0.3) is 0 Å². The Morgan fingerprint density at radius 2 is 2.00 bits per heavy atom. The van der Waals surface area contributed by atoms with Crippen LogP contribution in [-0.4, -0.2) is 13.0 Å². The predicted octanol–water partition coefficient (Wildman–Crippen LogP) is -1.54. The first-order valence-corrected chi connectivity index (χ1v) is 5.27. The molecule has 72 valence electrons. The van der Waals surface area contributed by atoms with Gasteiger partial charge in [-0.15, -0.1) is 0 Å². The van der Waals surface area contributed by atoms with Crippen LogP contribution >= 0.6 is 15.9 Å². The molecule has 0 bridgehead atoms. The summed E-state index contributed by atoms with van der Waals surface area (Å²) in [5.74, 6) is -0.811. The molecule has 0 aromatic heterocycles. The maximum absolute atomic E-state index is 12.9. The summed E-state index contributed by atoms with van der Waals surface area (Å²) in [6, 6.07) is 3.61. The summed E-state index contributed by atoms with van der Waals surface area (Å²) in [6.07, 6.45) is 0. The second kappa shape index (κ2) is 5.43. The molecule has 0 aliphatic carbocycles. The van der Waals surface area contributed by atoms with E-state index in [0.29, 0.717) is 4.47 Å². The molecule has 0 aliphatic rings. The maximum Gasteiger partial charge on any atom is 1.00 e. The minimum Gasteiger partial charge on any atom is -0.731 e. The van der Waals surface area contributed by atoms with Gasteiger partial charge >= 0.3 is 29.6 Å². The molecule has 0 saturated heterocycles. The standard InChI is InChI=1S/C6H5BrFNO3S.Na/c7-4-1-2-6(5(8)3-4)9-13(10,11)12;/h1-3,9H,(H,10,11,12);/q;+1/p-1. The van der Waals surface area contributed by atoms with Crippen LogP contribution in [0.3, 0.4) is 0 Å². The van der Waals surface area contributed by atoms with Gasteiger partial charge in [-0.1, -0.05) is 15.9 Å². The molecule has 1 aromatic rings. The first kappa shape index (κ1) is 14.3. The van der Waals surface area contributed by atoms with Crippen molar-refractivity contribution in [3.8, 4) is 0 Å². The van der Waals surface area contributed by atoms with E-state index in [1.165, 1.54) is 10.8 Å². The molecule has 8 heteroatoms. The SMILES string of the molecule is O=S(=O)([O-])Nc1ccc(Br)cc1F.[Na+]. The summed E-state index contributed by atoms with van der Waals surface area (Å²) in [5.41, 5.74) is -0.363. The molecule has 4 nitrogen and oxygen atoms in total. The van der Waals surface area contributed by atoms with E-state index in [4.69, 9.17) is 0 Å². The Labute approximate surface area is 111 Å². The molecule has 1 aromatic carbocycles. The number of halogens is 2. The fourth-order valence-corrected chi connectivity index (χ4v) is 1.47. The zero-order valence-electron chi connectivity index (χ0n) is 7.12. The first-order valence-electron chi connectivity index (χ1n) is 3.07. The molecular weight excluding hydrogens is 288 g/mol. The molecule has 0 unspecified atom stereocenters. The number of hydrogen-bond donors (Lipinski definition) is 1. The van der Waals surface area contributed by atoms with Gasteiger partial charge in [0.05, 0.1) is 5.69 Å². The molecule has 0 aliphatic heterocycles. The Morgan fingerprint density at radius 1 is 1.43 bits per heavy atom. The van der Waals surface area contributed by atoms with Gasteiger partial charge in [0.15, 0.2) is 10.3 Å². The third-order valence-corrected chi connectivity index (χ3v) is 2.13. The maximum atomic E-state index is 12.9. The molecule has 0 heterocycles. The van der Waals surface area contributed by atoms with Crippen molar-refractivity contribution < 1.29 is 46.9 Å². The quantitative estimate of drug-likeness (QED) is 0.531. The van der Waals surface area contributed by atoms with Crippen molar-refractivity contribution >= 4 is 31.9 Å². The number of nitrogens with one attached hydrogen (secondary N) is 1. The molecule has 0 spiro atoms. The fraction of sp³-hybridized carbons (Fsp3) is 0. The van der Waals surface area contributed by atoms with Crippen LogP contribution in [0, 0.1) is 5.82 Å². The van der Waals surface area contributed by atoms with Crippen molar-refractivity contribution in [3.63, 3.8) is 0 Å². The van der Waals surface area contributed by atoms with Crippen molar-refractivity contribution in [1.29, 1.82) is 0 Å². The van der Waals surface area contributed by atoms with Crippen molar-refractivity contribution in [2.45, 2.75) is 0 Å². The van der Waals surface area contributed by atoms with Crippen LogP contribution in [0.1, 0.15) is 0 Å². The Morgan fingerprint density at radius 3 is 2.43 bits per heavy atom. The Hall–Kier alpha value is 0.340. The van der Waals surface area contributed by atoms with E-state index in [-0.39, 0.29) is 35.2 Å². The summed E-state index contributed by atoms with van der Waals surface area (Å²) in [4.78, 5) is 0. The summed E-state index contributed by atoms with van der Waals surface area (Å²) < 4.78 is 45.4. The molecule has 0 radical (unpaired) electrons. The van der Waals surface area contributed by atoms with Crippen LogP contribution in [0.5, 0.6) is 0 Å². The number of hydrogen-bond acceptors (Lipinski definition) is 3. The van der Waals surface area contributed by atoms with Crippen LogP contribution in [0.4, 0.5) is 10.1 Å². The summed E-state index contributed by atoms with van der Waals surface area (Å²) in [6.45, 7) is 0. The van der Waals surface area contributed by atoms with E-state index in [0.717, 1.165) is 12.1 Å². The minimum absolute atomic E-state index is 0. The smallest absolute Gasteiger partial charge is 0.731 e. The minimum atomic E-state index is -4.67. The van der Waals surface area contributed by atoms with Gasteiger partial charge in [-0.2, -0.15) is 0 Å². The summed E-state index contributed by atoms with van der Waals surface area (Å²) >= 11 is 2.98. The fourth-order valence-electron chi connectivity index (χ4n) is 0.707.